The molecule has 2 aromatic heterocycles. The third-order valence-corrected chi connectivity index (χ3v) is 14.4. The Kier molecular flexibility index (Phi) is 9.53. The summed E-state index contributed by atoms with van der Waals surface area (Å²) in [6, 6.07) is 96.7. The van der Waals surface area contributed by atoms with Gasteiger partial charge in [0.1, 0.15) is 11.2 Å². The van der Waals surface area contributed by atoms with Crippen molar-refractivity contribution in [1.29, 1.82) is 0 Å². The summed E-state index contributed by atoms with van der Waals surface area (Å²) in [5.74, 6) is 0. The molecule has 71 heavy (non-hydrogen) atoms. The van der Waals surface area contributed by atoms with Crippen molar-refractivity contribution in [1.82, 2.24) is 4.57 Å². The van der Waals surface area contributed by atoms with Gasteiger partial charge in [-0.25, -0.2) is 0 Å². The molecule has 3 nitrogen and oxygen atoms in total. The van der Waals surface area contributed by atoms with E-state index in [9.17, 15) is 0 Å². The van der Waals surface area contributed by atoms with Gasteiger partial charge in [-0.15, -0.1) is 0 Å². The predicted octanol–water partition coefficient (Wildman–Crippen LogP) is 19.1. The molecule has 0 amide bonds. The third-order valence-electron chi connectivity index (χ3n) is 14.4. The first-order valence-electron chi connectivity index (χ1n) is 24.3. The van der Waals surface area contributed by atoms with Crippen LogP contribution in [0.5, 0.6) is 0 Å². The fourth-order valence-corrected chi connectivity index (χ4v) is 11.0. The molecule has 2 heterocycles. The predicted molar refractivity (Wildman–Crippen MR) is 299 cm³/mol. The van der Waals surface area contributed by atoms with Gasteiger partial charge in [0.2, 0.25) is 0 Å². The van der Waals surface area contributed by atoms with Crippen LogP contribution in [0.4, 0.5) is 17.1 Å². The summed E-state index contributed by atoms with van der Waals surface area (Å²) in [4.78, 5) is 2.41. The summed E-state index contributed by atoms with van der Waals surface area (Å²) in [7, 11) is 0. The minimum atomic E-state index is 0.898. The molecular formula is C68H44N2O. The van der Waals surface area contributed by atoms with Gasteiger partial charge in [-0.05, 0) is 110 Å². The summed E-state index contributed by atoms with van der Waals surface area (Å²) in [6.07, 6.45) is 0. The van der Waals surface area contributed by atoms with Crippen molar-refractivity contribution in [2.75, 3.05) is 4.90 Å². The maximum absolute atomic E-state index is 6.50. The highest BCUT2D eigenvalue weighted by Crippen LogP contribution is 2.45. The Morgan fingerprint density at radius 2 is 0.859 bits per heavy atom. The molecule has 0 saturated carbocycles. The molecule has 0 N–H and O–H groups in total. The minimum absolute atomic E-state index is 0.898. The van der Waals surface area contributed by atoms with Gasteiger partial charge in [-0.2, -0.15) is 0 Å². The number of para-hydroxylation sites is 6. The number of hydrogen-bond acceptors (Lipinski definition) is 2. The normalized spacial score (nSPS) is 11.7. The number of hydrogen-bond donors (Lipinski definition) is 0. The largest absolute Gasteiger partial charge is 0.455 e. The van der Waals surface area contributed by atoms with Crippen molar-refractivity contribution in [3.8, 4) is 50.2 Å². The van der Waals surface area contributed by atoms with Crippen LogP contribution in [0.1, 0.15) is 0 Å². The van der Waals surface area contributed by atoms with E-state index >= 15 is 0 Å². The number of fused-ring (bicyclic) bond motifs is 9. The number of aromatic nitrogens is 1. The molecule has 12 aromatic carbocycles. The van der Waals surface area contributed by atoms with Gasteiger partial charge in [0.05, 0.1) is 22.4 Å². The second-order valence-corrected chi connectivity index (χ2v) is 18.4. The van der Waals surface area contributed by atoms with E-state index in [4.69, 9.17) is 4.42 Å². The lowest BCUT2D eigenvalue weighted by atomic mass is 9.95. The average molecular weight is 905 g/mol. The molecule has 14 aromatic rings. The fraction of sp³-hybridized carbons (Fsp3) is 0. The van der Waals surface area contributed by atoms with Gasteiger partial charge in [0.15, 0.2) is 0 Å². The molecule has 0 saturated heterocycles. The van der Waals surface area contributed by atoms with Crippen LogP contribution in [0.15, 0.2) is 271 Å². The van der Waals surface area contributed by atoms with E-state index in [1.54, 1.807) is 0 Å². The monoisotopic (exact) mass is 904 g/mol. The van der Waals surface area contributed by atoms with E-state index in [0.29, 0.717) is 0 Å². The molecule has 0 atom stereocenters. The zero-order valence-corrected chi connectivity index (χ0v) is 38.7. The Morgan fingerprint density at radius 1 is 0.296 bits per heavy atom. The lowest BCUT2D eigenvalue weighted by Crippen LogP contribution is -2.11. The summed E-state index contributed by atoms with van der Waals surface area (Å²) in [5.41, 5.74) is 17.7. The van der Waals surface area contributed by atoms with Crippen LogP contribution in [0.3, 0.4) is 0 Å². The zero-order chi connectivity index (χ0) is 46.8. The Balaban J connectivity index is 0.876. The second-order valence-electron chi connectivity index (χ2n) is 18.4. The second kappa shape index (κ2) is 16.7. The molecule has 0 aliphatic carbocycles. The fourth-order valence-electron chi connectivity index (χ4n) is 11.0. The van der Waals surface area contributed by atoms with Crippen LogP contribution < -0.4 is 4.90 Å². The van der Waals surface area contributed by atoms with E-state index < -0.39 is 0 Å². The molecule has 3 heteroatoms. The van der Waals surface area contributed by atoms with E-state index in [2.05, 4.69) is 264 Å². The molecule has 0 fully saturated rings. The highest BCUT2D eigenvalue weighted by molar-refractivity contribution is 6.12. The van der Waals surface area contributed by atoms with Crippen LogP contribution in [0.25, 0.3) is 115 Å². The molecule has 0 radical (unpaired) electrons. The quantitative estimate of drug-likeness (QED) is 0.142. The van der Waals surface area contributed by atoms with Gasteiger partial charge in [-0.3, -0.25) is 0 Å². The Morgan fingerprint density at radius 3 is 1.68 bits per heavy atom. The third kappa shape index (κ3) is 6.82. The molecule has 0 unspecified atom stereocenters. The molecular weight excluding hydrogens is 861 g/mol. The van der Waals surface area contributed by atoms with Crippen LogP contribution >= 0.6 is 0 Å². The first-order valence-corrected chi connectivity index (χ1v) is 24.3. The number of anilines is 3. The summed E-state index contributed by atoms with van der Waals surface area (Å²) in [5, 5.41) is 9.75. The maximum atomic E-state index is 6.50. The van der Waals surface area contributed by atoms with Crippen LogP contribution in [0.2, 0.25) is 0 Å². The molecule has 0 aliphatic heterocycles. The number of benzene rings is 12. The molecule has 0 spiro atoms. The van der Waals surface area contributed by atoms with Crippen LogP contribution in [0, 0.1) is 0 Å². The van der Waals surface area contributed by atoms with E-state index in [-0.39, 0.29) is 0 Å². The van der Waals surface area contributed by atoms with Crippen molar-refractivity contribution in [3.63, 3.8) is 0 Å². The first kappa shape index (κ1) is 40.6. The zero-order valence-electron chi connectivity index (χ0n) is 38.7. The van der Waals surface area contributed by atoms with E-state index in [1.165, 1.54) is 54.5 Å². The SMILES string of the molecule is c1cc(-c2ccc(-c3ccccc3-n3c4ccccc4c4ccccc43)cc2)cc(N(c2ccc(-c3cccc4c3oc3ccccc34)cc2)c2ccccc2-c2ccc3c(ccc4ccccc43)c2)c1. The highest BCUT2D eigenvalue weighted by Gasteiger charge is 2.20. The highest BCUT2D eigenvalue weighted by atomic mass is 16.3. The minimum Gasteiger partial charge on any atom is -0.455 e. The van der Waals surface area contributed by atoms with Crippen molar-refractivity contribution < 1.29 is 4.42 Å². The Hall–Kier alpha value is -9.44. The van der Waals surface area contributed by atoms with Crippen molar-refractivity contribution >= 4 is 82.4 Å². The van der Waals surface area contributed by atoms with Crippen molar-refractivity contribution in [3.05, 3.63) is 267 Å². The summed E-state index contributed by atoms with van der Waals surface area (Å²) < 4.78 is 8.92. The van der Waals surface area contributed by atoms with Gasteiger partial charge < -0.3 is 13.9 Å². The molecule has 14 rings (SSSR count). The first-order chi connectivity index (χ1) is 35.2. The Bertz CT molecular complexity index is 4290. The summed E-state index contributed by atoms with van der Waals surface area (Å²) in [6.45, 7) is 0. The van der Waals surface area contributed by atoms with Crippen molar-refractivity contribution in [2.45, 2.75) is 0 Å². The average Bonchev–Trinajstić information content (AvgIpc) is 4.00. The van der Waals surface area contributed by atoms with E-state index in [1.807, 2.05) is 12.1 Å². The smallest absolute Gasteiger partial charge is 0.143 e. The molecule has 0 bridgehead atoms. The maximum Gasteiger partial charge on any atom is 0.143 e. The van der Waals surface area contributed by atoms with Crippen molar-refractivity contribution in [2.24, 2.45) is 0 Å². The Labute approximate surface area is 411 Å². The standard InChI is InChI=1S/C68H44N2O/c1-2-18-54-46(15-1)35-36-50-43-51(39-42-55(50)54)57-20-4-8-26-63(57)69(52-40-37-48(38-41-52)58-24-14-25-62-61-23-7-12-30-67(61)71-68(58)62)53-17-13-16-49(44-53)45-31-33-47(34-32-45)56-19-3-9-27-64(56)70-65-28-10-5-21-59(65)60-22-6-11-29-66(60)70/h1-44H. The number of furan rings is 1. The number of nitrogens with zero attached hydrogens (tertiary/aromatic N) is 2. The number of rotatable bonds is 8. The van der Waals surface area contributed by atoms with Crippen LogP contribution in [-0.4, -0.2) is 4.57 Å². The van der Waals surface area contributed by atoms with Gasteiger partial charge in [0.25, 0.3) is 0 Å². The van der Waals surface area contributed by atoms with Gasteiger partial charge in [-0.1, -0.05) is 206 Å². The van der Waals surface area contributed by atoms with E-state index in [0.717, 1.165) is 78.1 Å². The lowest BCUT2D eigenvalue weighted by Gasteiger charge is -2.28. The topological polar surface area (TPSA) is 21.3 Å². The molecule has 332 valence electrons. The van der Waals surface area contributed by atoms with Gasteiger partial charge >= 0.3 is 0 Å². The van der Waals surface area contributed by atoms with Crippen LogP contribution in [-0.2, 0) is 0 Å². The van der Waals surface area contributed by atoms with Gasteiger partial charge in [0, 0.05) is 49.6 Å². The summed E-state index contributed by atoms with van der Waals surface area (Å²) >= 11 is 0. The molecule has 0 aliphatic rings. The lowest BCUT2D eigenvalue weighted by molar-refractivity contribution is 0.670.